The van der Waals surface area contributed by atoms with Crippen molar-refractivity contribution < 1.29 is 22.4 Å². The molecule has 2 rings (SSSR count). The zero-order chi connectivity index (χ0) is 17.7. The van der Waals surface area contributed by atoms with Gasteiger partial charge < -0.3 is 14.5 Å². The van der Waals surface area contributed by atoms with Crippen LogP contribution < -0.4 is 10.0 Å². The molecule has 0 saturated carbocycles. The Morgan fingerprint density at radius 3 is 2.46 bits per heavy atom. The van der Waals surface area contributed by atoms with E-state index in [9.17, 15) is 13.2 Å². The van der Waals surface area contributed by atoms with Gasteiger partial charge in [0.05, 0.1) is 11.5 Å². The molecule has 0 bridgehead atoms. The highest BCUT2D eigenvalue weighted by atomic mass is 79.9. The maximum atomic E-state index is 12.2. The van der Waals surface area contributed by atoms with Crippen molar-refractivity contribution in [3.63, 3.8) is 0 Å². The van der Waals surface area contributed by atoms with E-state index in [0.717, 1.165) is 0 Å². The van der Waals surface area contributed by atoms with Crippen LogP contribution in [0.3, 0.4) is 0 Å². The smallest absolute Gasteiger partial charge is 0.291 e. The minimum absolute atomic E-state index is 0.101. The molecule has 9 heteroatoms. The topological polar surface area (TPSA) is 97.6 Å². The van der Waals surface area contributed by atoms with E-state index < -0.39 is 15.9 Å². The monoisotopic (exact) mass is 416 g/mol. The fourth-order valence-corrected chi connectivity index (χ4v) is 3.50. The molecule has 0 aliphatic carbocycles. The van der Waals surface area contributed by atoms with Gasteiger partial charge in [-0.05, 0) is 59.3 Å². The number of halogens is 1. The molecule has 2 N–H and O–H groups in total. The molecule has 1 unspecified atom stereocenters. The van der Waals surface area contributed by atoms with Gasteiger partial charge in [-0.2, -0.15) is 0 Å². The fraction of sp³-hybridized carbons (Fsp3) is 0.267. The van der Waals surface area contributed by atoms with Crippen molar-refractivity contribution in [3.8, 4) is 0 Å². The number of nitrogens with one attached hydrogen (secondary N) is 2. The van der Waals surface area contributed by atoms with Crippen LogP contribution in [0.4, 0.5) is 5.69 Å². The molecule has 1 amide bonds. The molecular formula is C15H17BrN2O5S. The number of carbonyl (C=O) groups is 1. The number of rotatable bonds is 7. The first-order chi connectivity index (χ1) is 11.3. The van der Waals surface area contributed by atoms with Crippen molar-refractivity contribution in [1.82, 2.24) is 4.72 Å². The van der Waals surface area contributed by atoms with Crippen molar-refractivity contribution in [3.05, 3.63) is 46.8 Å². The molecule has 2 aromatic rings. The molecule has 0 aliphatic rings. The number of hydrogen-bond donors (Lipinski definition) is 2. The highest BCUT2D eigenvalue weighted by Crippen LogP contribution is 2.18. The Morgan fingerprint density at radius 1 is 1.25 bits per heavy atom. The Morgan fingerprint density at radius 2 is 1.92 bits per heavy atom. The number of amides is 1. The Balaban J connectivity index is 2.06. The summed E-state index contributed by atoms with van der Waals surface area (Å²) in [6.07, 6.45) is 0. The van der Waals surface area contributed by atoms with Crippen LogP contribution in [0, 0.1) is 0 Å². The van der Waals surface area contributed by atoms with Gasteiger partial charge in [0.25, 0.3) is 5.91 Å². The Kier molecular flexibility index (Phi) is 6.16. The van der Waals surface area contributed by atoms with E-state index in [1.807, 2.05) is 0 Å². The summed E-state index contributed by atoms with van der Waals surface area (Å²) in [4.78, 5) is 12.1. The van der Waals surface area contributed by atoms with Crippen LogP contribution in [0.2, 0.25) is 0 Å². The highest BCUT2D eigenvalue weighted by molar-refractivity contribution is 9.10. The summed E-state index contributed by atoms with van der Waals surface area (Å²) in [5, 5.41) is 2.62. The van der Waals surface area contributed by atoms with E-state index in [1.54, 1.807) is 13.0 Å². The van der Waals surface area contributed by atoms with Crippen LogP contribution in [0.5, 0.6) is 0 Å². The van der Waals surface area contributed by atoms with Gasteiger partial charge in [0, 0.05) is 18.8 Å². The third-order valence-corrected chi connectivity index (χ3v) is 5.02. The molecule has 0 fully saturated rings. The van der Waals surface area contributed by atoms with Gasteiger partial charge in [0.2, 0.25) is 10.0 Å². The van der Waals surface area contributed by atoms with Gasteiger partial charge in [0.15, 0.2) is 10.4 Å². The molecule has 7 nitrogen and oxygen atoms in total. The SMILES string of the molecule is COCC(C)NS(=O)(=O)c1ccc(NC(=O)c2ccc(Br)o2)cc1. The standard InChI is InChI=1S/C15H17BrN2O5S/c1-10(9-22-2)18-24(20,21)12-5-3-11(4-6-12)17-15(19)13-7-8-14(16)23-13/h3-8,10,18H,9H2,1-2H3,(H,17,19). The molecule has 0 radical (unpaired) electrons. The summed E-state index contributed by atoms with van der Waals surface area (Å²) in [5.74, 6) is -0.281. The molecule has 1 heterocycles. The predicted octanol–water partition coefficient (Wildman–Crippen LogP) is 2.61. The van der Waals surface area contributed by atoms with Crippen LogP contribution in [-0.4, -0.2) is 34.1 Å². The maximum Gasteiger partial charge on any atom is 0.291 e. The molecule has 1 aromatic heterocycles. The normalized spacial score (nSPS) is 12.8. The first kappa shape index (κ1) is 18.7. The number of carbonyl (C=O) groups excluding carboxylic acids is 1. The van der Waals surface area contributed by atoms with Crippen molar-refractivity contribution in [2.24, 2.45) is 0 Å². The zero-order valence-corrected chi connectivity index (χ0v) is 15.5. The average molecular weight is 417 g/mol. The summed E-state index contributed by atoms with van der Waals surface area (Å²) >= 11 is 3.12. The molecule has 0 spiro atoms. The van der Waals surface area contributed by atoms with Gasteiger partial charge in [-0.15, -0.1) is 0 Å². The average Bonchev–Trinajstić information content (AvgIpc) is 2.94. The molecular weight excluding hydrogens is 400 g/mol. The van der Waals surface area contributed by atoms with E-state index >= 15 is 0 Å². The Bertz CT molecular complexity index is 802. The number of furan rings is 1. The highest BCUT2D eigenvalue weighted by Gasteiger charge is 2.17. The number of hydrogen-bond acceptors (Lipinski definition) is 5. The predicted molar refractivity (Wildman–Crippen MR) is 92.5 cm³/mol. The van der Waals surface area contributed by atoms with Crippen LogP contribution in [0.15, 0.2) is 50.4 Å². The number of ether oxygens (including phenoxy) is 1. The first-order valence-corrected chi connectivity index (χ1v) is 9.27. The quantitative estimate of drug-likeness (QED) is 0.722. The maximum absolute atomic E-state index is 12.2. The van der Waals surface area contributed by atoms with Crippen LogP contribution in [0.25, 0.3) is 0 Å². The lowest BCUT2D eigenvalue weighted by molar-refractivity contribution is 0.0995. The molecule has 1 atom stereocenters. The summed E-state index contributed by atoms with van der Waals surface area (Å²) in [6.45, 7) is 1.98. The van der Waals surface area contributed by atoms with Crippen molar-refractivity contribution in [1.29, 1.82) is 0 Å². The summed E-state index contributed by atoms with van der Waals surface area (Å²) in [7, 11) is -2.14. The van der Waals surface area contributed by atoms with E-state index in [0.29, 0.717) is 10.4 Å². The van der Waals surface area contributed by atoms with Crippen LogP contribution >= 0.6 is 15.9 Å². The van der Waals surface area contributed by atoms with Crippen molar-refractivity contribution in [2.45, 2.75) is 17.9 Å². The van der Waals surface area contributed by atoms with E-state index in [4.69, 9.17) is 9.15 Å². The van der Waals surface area contributed by atoms with E-state index in [-0.39, 0.29) is 23.3 Å². The number of anilines is 1. The summed E-state index contributed by atoms with van der Waals surface area (Å²) < 4.78 is 37.4. The lowest BCUT2D eigenvalue weighted by Gasteiger charge is -2.13. The van der Waals surface area contributed by atoms with Gasteiger partial charge in [0.1, 0.15) is 0 Å². The Hall–Kier alpha value is -1.68. The second-order valence-electron chi connectivity index (χ2n) is 5.06. The fourth-order valence-electron chi connectivity index (χ4n) is 1.96. The minimum Gasteiger partial charge on any atom is -0.444 e. The van der Waals surface area contributed by atoms with E-state index in [1.165, 1.54) is 37.4 Å². The Labute approximate surface area is 148 Å². The zero-order valence-electron chi connectivity index (χ0n) is 13.1. The third kappa shape index (κ3) is 4.91. The molecule has 0 aliphatic heterocycles. The second kappa shape index (κ2) is 7.93. The van der Waals surface area contributed by atoms with Crippen molar-refractivity contribution in [2.75, 3.05) is 19.0 Å². The van der Waals surface area contributed by atoms with Crippen LogP contribution in [0.1, 0.15) is 17.5 Å². The second-order valence-corrected chi connectivity index (χ2v) is 7.56. The summed E-state index contributed by atoms with van der Waals surface area (Å²) in [5.41, 5.74) is 0.455. The van der Waals surface area contributed by atoms with Gasteiger partial charge in [-0.1, -0.05) is 0 Å². The number of methoxy groups -OCH3 is 1. The largest absolute Gasteiger partial charge is 0.444 e. The van der Waals surface area contributed by atoms with Gasteiger partial charge in [-0.25, -0.2) is 13.1 Å². The van der Waals surface area contributed by atoms with Gasteiger partial charge >= 0.3 is 0 Å². The number of benzene rings is 1. The molecule has 1 aromatic carbocycles. The summed E-state index contributed by atoms with van der Waals surface area (Å²) in [6, 6.07) is 8.62. The molecule has 0 saturated heterocycles. The van der Waals surface area contributed by atoms with E-state index in [2.05, 4.69) is 26.0 Å². The third-order valence-electron chi connectivity index (χ3n) is 2.99. The van der Waals surface area contributed by atoms with Gasteiger partial charge in [-0.3, -0.25) is 4.79 Å². The minimum atomic E-state index is -3.64. The molecule has 130 valence electrons. The lowest BCUT2D eigenvalue weighted by Crippen LogP contribution is -2.35. The first-order valence-electron chi connectivity index (χ1n) is 7.00. The van der Waals surface area contributed by atoms with Crippen molar-refractivity contribution >= 4 is 37.5 Å². The molecule has 24 heavy (non-hydrogen) atoms. The van der Waals surface area contributed by atoms with Crippen LogP contribution in [-0.2, 0) is 14.8 Å². The lowest BCUT2D eigenvalue weighted by atomic mass is 10.3. The number of sulfonamides is 1.